The Hall–Kier alpha value is -1.13. The molecule has 0 bridgehead atoms. The number of rotatable bonds is 4. The van der Waals surface area contributed by atoms with Crippen molar-refractivity contribution in [3.63, 3.8) is 0 Å². The molecule has 1 aromatic carbocycles. The van der Waals surface area contributed by atoms with Crippen molar-refractivity contribution in [3.05, 3.63) is 52.3 Å². The fraction of sp³-hybridized carbons (Fsp3) is 0.308. The Morgan fingerprint density at radius 2 is 2.24 bits per heavy atom. The zero-order valence-corrected chi connectivity index (χ0v) is 11.4. The van der Waals surface area contributed by atoms with Gasteiger partial charge in [-0.05, 0) is 36.6 Å². The second-order valence-corrected chi connectivity index (χ2v) is 5.06. The zero-order chi connectivity index (χ0) is 12.3. The van der Waals surface area contributed by atoms with Gasteiger partial charge in [0.15, 0.2) is 0 Å². The molecule has 90 valence electrons. The predicted octanol–water partition coefficient (Wildman–Crippen LogP) is 2.82. The number of aromatic nitrogens is 2. The normalized spacial score (nSPS) is 12.6. The molecule has 0 aliphatic heterocycles. The molecule has 2 aromatic rings. The third-order valence-electron chi connectivity index (χ3n) is 2.91. The summed E-state index contributed by atoms with van der Waals surface area (Å²) < 4.78 is 2.97. The van der Waals surface area contributed by atoms with Crippen molar-refractivity contribution in [1.29, 1.82) is 0 Å². The smallest absolute Gasteiger partial charge is 0.0492 e. The molecule has 2 N–H and O–H groups in total. The minimum Gasteiger partial charge on any atom is -0.324 e. The molecular formula is C13H16BrN3. The number of benzene rings is 1. The van der Waals surface area contributed by atoms with Crippen molar-refractivity contribution < 1.29 is 0 Å². The Labute approximate surface area is 110 Å². The third-order valence-corrected chi connectivity index (χ3v) is 3.40. The highest BCUT2D eigenvalue weighted by atomic mass is 79.9. The molecule has 0 radical (unpaired) electrons. The summed E-state index contributed by atoms with van der Waals surface area (Å²) in [5.74, 6) is 0. The molecule has 0 amide bonds. The Balaban J connectivity index is 1.98. The number of hydrogen-bond donors (Lipinski definition) is 1. The van der Waals surface area contributed by atoms with Crippen LogP contribution in [0.5, 0.6) is 0 Å². The van der Waals surface area contributed by atoms with Crippen LogP contribution in [0.2, 0.25) is 0 Å². The quantitative estimate of drug-likeness (QED) is 0.942. The van der Waals surface area contributed by atoms with Crippen molar-refractivity contribution >= 4 is 15.9 Å². The first kappa shape index (κ1) is 12.3. The summed E-state index contributed by atoms with van der Waals surface area (Å²) in [6.45, 7) is 0. The van der Waals surface area contributed by atoms with Crippen LogP contribution in [0.4, 0.5) is 0 Å². The van der Waals surface area contributed by atoms with Crippen LogP contribution in [-0.2, 0) is 13.5 Å². The maximum Gasteiger partial charge on any atom is 0.0492 e. The van der Waals surface area contributed by atoms with Crippen LogP contribution in [-0.4, -0.2) is 9.78 Å². The summed E-state index contributed by atoms with van der Waals surface area (Å²) in [4.78, 5) is 0. The van der Waals surface area contributed by atoms with Crippen molar-refractivity contribution in [2.75, 3.05) is 0 Å². The summed E-state index contributed by atoms with van der Waals surface area (Å²) in [6.07, 6.45) is 3.69. The largest absolute Gasteiger partial charge is 0.324 e. The molecule has 0 aliphatic carbocycles. The monoisotopic (exact) mass is 293 g/mol. The molecule has 2 rings (SSSR count). The van der Waals surface area contributed by atoms with Crippen LogP contribution in [0.1, 0.15) is 23.7 Å². The van der Waals surface area contributed by atoms with Gasteiger partial charge >= 0.3 is 0 Å². The summed E-state index contributed by atoms with van der Waals surface area (Å²) >= 11 is 3.46. The molecule has 17 heavy (non-hydrogen) atoms. The van der Waals surface area contributed by atoms with E-state index < -0.39 is 0 Å². The number of halogens is 1. The lowest BCUT2D eigenvalue weighted by atomic mass is 10.0. The average molecular weight is 294 g/mol. The molecule has 4 heteroatoms. The second kappa shape index (κ2) is 5.47. The highest BCUT2D eigenvalue weighted by Crippen LogP contribution is 2.20. The van der Waals surface area contributed by atoms with Crippen LogP contribution in [0, 0.1) is 0 Å². The van der Waals surface area contributed by atoms with Crippen LogP contribution < -0.4 is 5.73 Å². The Kier molecular flexibility index (Phi) is 3.97. The maximum atomic E-state index is 6.18. The fourth-order valence-electron chi connectivity index (χ4n) is 1.85. The van der Waals surface area contributed by atoms with Crippen LogP contribution in [0.3, 0.4) is 0 Å². The minimum absolute atomic E-state index is 0.0717. The zero-order valence-electron chi connectivity index (χ0n) is 9.81. The van der Waals surface area contributed by atoms with Gasteiger partial charge in [0.2, 0.25) is 0 Å². The molecule has 1 unspecified atom stereocenters. The van der Waals surface area contributed by atoms with E-state index in [0.29, 0.717) is 0 Å². The standard InChI is InChI=1S/C13H16BrN3/c1-17-12(7-8-16-17)5-6-13(15)10-3-2-4-11(14)9-10/h2-4,7-9,13H,5-6,15H2,1H3. The van der Waals surface area contributed by atoms with Crippen LogP contribution in [0.25, 0.3) is 0 Å². The van der Waals surface area contributed by atoms with E-state index in [1.807, 2.05) is 36.1 Å². The molecule has 0 aliphatic rings. The molecule has 0 spiro atoms. The van der Waals surface area contributed by atoms with Crippen molar-refractivity contribution in [3.8, 4) is 0 Å². The molecular weight excluding hydrogens is 278 g/mol. The van der Waals surface area contributed by atoms with Gasteiger partial charge in [-0.2, -0.15) is 5.10 Å². The van der Waals surface area contributed by atoms with Gasteiger partial charge in [0.05, 0.1) is 0 Å². The van der Waals surface area contributed by atoms with E-state index in [1.165, 1.54) is 11.3 Å². The van der Waals surface area contributed by atoms with E-state index in [4.69, 9.17) is 5.73 Å². The SMILES string of the molecule is Cn1nccc1CCC(N)c1cccc(Br)c1. The van der Waals surface area contributed by atoms with Gasteiger partial charge in [-0.1, -0.05) is 28.1 Å². The second-order valence-electron chi connectivity index (χ2n) is 4.15. The van der Waals surface area contributed by atoms with Gasteiger partial charge in [-0.15, -0.1) is 0 Å². The van der Waals surface area contributed by atoms with E-state index in [9.17, 15) is 0 Å². The first-order valence-electron chi connectivity index (χ1n) is 5.65. The number of nitrogens with two attached hydrogens (primary N) is 1. The first-order chi connectivity index (χ1) is 8.16. The Bertz CT molecular complexity index is 493. The first-order valence-corrected chi connectivity index (χ1v) is 6.44. The van der Waals surface area contributed by atoms with Crippen molar-refractivity contribution in [2.45, 2.75) is 18.9 Å². The maximum absolute atomic E-state index is 6.18. The van der Waals surface area contributed by atoms with Gasteiger partial charge < -0.3 is 5.73 Å². The minimum atomic E-state index is 0.0717. The van der Waals surface area contributed by atoms with E-state index in [0.717, 1.165) is 17.3 Å². The fourth-order valence-corrected chi connectivity index (χ4v) is 2.27. The molecule has 0 saturated heterocycles. The summed E-state index contributed by atoms with van der Waals surface area (Å²) in [7, 11) is 1.96. The number of nitrogens with zero attached hydrogens (tertiary/aromatic N) is 2. The van der Waals surface area contributed by atoms with Gasteiger partial charge in [-0.3, -0.25) is 4.68 Å². The molecule has 1 heterocycles. The van der Waals surface area contributed by atoms with E-state index in [-0.39, 0.29) is 6.04 Å². The summed E-state index contributed by atoms with van der Waals surface area (Å²) in [5, 5.41) is 4.15. The third kappa shape index (κ3) is 3.17. The predicted molar refractivity (Wildman–Crippen MR) is 72.6 cm³/mol. The molecule has 1 atom stereocenters. The molecule has 0 fully saturated rings. The lowest BCUT2D eigenvalue weighted by Gasteiger charge is -2.12. The highest BCUT2D eigenvalue weighted by molar-refractivity contribution is 9.10. The number of hydrogen-bond acceptors (Lipinski definition) is 2. The van der Waals surface area contributed by atoms with Gasteiger partial charge in [0, 0.05) is 29.5 Å². The molecule has 0 saturated carbocycles. The topological polar surface area (TPSA) is 43.8 Å². The number of aryl methyl sites for hydroxylation is 2. The lowest BCUT2D eigenvalue weighted by molar-refractivity contribution is 0.614. The van der Waals surface area contributed by atoms with Crippen molar-refractivity contribution in [1.82, 2.24) is 9.78 Å². The van der Waals surface area contributed by atoms with Gasteiger partial charge in [0.1, 0.15) is 0 Å². The lowest BCUT2D eigenvalue weighted by Crippen LogP contribution is -2.12. The summed E-state index contributed by atoms with van der Waals surface area (Å²) in [5.41, 5.74) is 8.57. The Morgan fingerprint density at radius 1 is 1.41 bits per heavy atom. The van der Waals surface area contributed by atoms with Gasteiger partial charge in [-0.25, -0.2) is 0 Å². The summed E-state index contributed by atoms with van der Waals surface area (Å²) in [6, 6.07) is 10.3. The van der Waals surface area contributed by atoms with Crippen molar-refractivity contribution in [2.24, 2.45) is 12.8 Å². The van der Waals surface area contributed by atoms with E-state index in [2.05, 4.69) is 33.2 Å². The van der Waals surface area contributed by atoms with Crippen LogP contribution >= 0.6 is 15.9 Å². The average Bonchev–Trinajstić information content (AvgIpc) is 2.72. The van der Waals surface area contributed by atoms with E-state index in [1.54, 1.807) is 0 Å². The Morgan fingerprint density at radius 3 is 2.88 bits per heavy atom. The highest BCUT2D eigenvalue weighted by Gasteiger charge is 2.08. The van der Waals surface area contributed by atoms with E-state index >= 15 is 0 Å². The van der Waals surface area contributed by atoms with Crippen LogP contribution in [0.15, 0.2) is 41.0 Å². The molecule has 3 nitrogen and oxygen atoms in total. The molecule has 1 aromatic heterocycles. The van der Waals surface area contributed by atoms with Gasteiger partial charge in [0.25, 0.3) is 0 Å².